The zero-order chi connectivity index (χ0) is 27.9. The molecule has 2 N–H and O–H groups in total. The number of carbonyl (C=O) groups is 2. The summed E-state index contributed by atoms with van der Waals surface area (Å²) in [4.78, 5) is 42.1. The Hall–Kier alpha value is -4.03. The van der Waals surface area contributed by atoms with E-state index in [0.29, 0.717) is 26.1 Å². The molecular weight excluding hydrogens is 512 g/mol. The number of hydrogen-bond acceptors (Lipinski definition) is 6. The molecule has 0 aromatic heterocycles. The van der Waals surface area contributed by atoms with Gasteiger partial charge in [-0.3, -0.25) is 19.8 Å². The van der Waals surface area contributed by atoms with Gasteiger partial charge >= 0.3 is 6.03 Å². The average molecular weight is 542 g/mol. The van der Waals surface area contributed by atoms with Gasteiger partial charge in [0.2, 0.25) is 5.91 Å². The second kappa shape index (κ2) is 12.7. The van der Waals surface area contributed by atoms with E-state index in [4.69, 9.17) is 4.74 Å². The van der Waals surface area contributed by atoms with Gasteiger partial charge < -0.3 is 15.4 Å². The lowest BCUT2D eigenvalue weighted by molar-refractivity contribution is -0.384. The van der Waals surface area contributed by atoms with E-state index in [1.165, 1.54) is 19.2 Å². The molecule has 2 atom stereocenters. The topological polar surface area (TPSA) is 126 Å². The van der Waals surface area contributed by atoms with Crippen molar-refractivity contribution in [1.29, 1.82) is 0 Å². The van der Waals surface area contributed by atoms with Crippen molar-refractivity contribution in [2.75, 3.05) is 39.9 Å². The Balaban J connectivity index is 1.34. The molecule has 0 saturated heterocycles. The van der Waals surface area contributed by atoms with Gasteiger partial charge in [0.1, 0.15) is 5.92 Å². The lowest BCUT2D eigenvalue weighted by Crippen LogP contribution is -2.49. The number of halogens is 2. The first-order valence-electron chi connectivity index (χ1n) is 12.5. The number of nitro benzene ring substituents is 1. The van der Waals surface area contributed by atoms with Gasteiger partial charge in [0, 0.05) is 45.4 Å². The van der Waals surface area contributed by atoms with Gasteiger partial charge in [0.15, 0.2) is 11.6 Å². The third kappa shape index (κ3) is 6.89. The van der Waals surface area contributed by atoms with Gasteiger partial charge in [-0.05, 0) is 41.7 Å². The summed E-state index contributed by atoms with van der Waals surface area (Å²) in [6.45, 7) is 2.46. The second-order valence-corrected chi connectivity index (χ2v) is 9.35. The fraction of sp³-hybridized carbons (Fsp3) is 0.370. The number of hydrogen-bond donors (Lipinski definition) is 2. The minimum Gasteiger partial charge on any atom is -0.379 e. The summed E-state index contributed by atoms with van der Waals surface area (Å²) >= 11 is 0. The van der Waals surface area contributed by atoms with Crippen LogP contribution in [0.2, 0.25) is 0 Å². The molecule has 0 spiro atoms. The number of methoxy groups -OCH3 is 1. The first kappa shape index (κ1) is 28.0. The molecule has 0 fully saturated rings. The van der Waals surface area contributed by atoms with Crippen LogP contribution in [0.15, 0.2) is 53.5 Å². The van der Waals surface area contributed by atoms with Crippen LogP contribution in [0.1, 0.15) is 30.0 Å². The van der Waals surface area contributed by atoms with Crippen molar-refractivity contribution in [2.45, 2.75) is 18.9 Å². The van der Waals surface area contributed by atoms with Gasteiger partial charge in [-0.2, -0.15) is 4.99 Å². The molecule has 2 aromatic carbocycles. The van der Waals surface area contributed by atoms with Crippen molar-refractivity contribution in [3.63, 3.8) is 0 Å². The number of benzene rings is 2. The average Bonchev–Trinajstić information content (AvgIpc) is 2.93. The van der Waals surface area contributed by atoms with E-state index in [0.717, 1.165) is 36.2 Å². The van der Waals surface area contributed by atoms with Crippen molar-refractivity contribution in [1.82, 2.24) is 15.5 Å². The number of amides is 3. The first-order valence-corrected chi connectivity index (χ1v) is 12.5. The van der Waals surface area contributed by atoms with Crippen LogP contribution in [0.5, 0.6) is 0 Å². The predicted molar refractivity (Wildman–Crippen MR) is 140 cm³/mol. The second-order valence-electron chi connectivity index (χ2n) is 9.35. The Kier molecular flexibility index (Phi) is 9.10. The number of nitrogens with one attached hydrogen (secondary N) is 2. The van der Waals surface area contributed by atoms with Crippen molar-refractivity contribution < 1.29 is 28.0 Å². The fourth-order valence-electron chi connectivity index (χ4n) is 4.82. The summed E-state index contributed by atoms with van der Waals surface area (Å²) in [5.41, 5.74) is 2.42. The molecule has 2 aliphatic heterocycles. The minimum atomic E-state index is -1.08. The van der Waals surface area contributed by atoms with Crippen LogP contribution in [0.25, 0.3) is 5.57 Å². The highest BCUT2D eigenvalue weighted by Gasteiger charge is 2.38. The number of ether oxygens (including phenoxy) is 1. The molecule has 3 amide bonds. The Bertz CT molecular complexity index is 1320. The minimum absolute atomic E-state index is 0.0645. The quantitative estimate of drug-likeness (QED) is 0.269. The number of rotatable bonds is 10. The van der Waals surface area contributed by atoms with Crippen LogP contribution in [0.3, 0.4) is 0 Å². The number of non-ortho nitro benzene ring substituents is 1. The number of nitro groups is 1. The van der Waals surface area contributed by atoms with E-state index in [1.54, 1.807) is 12.1 Å². The number of aliphatic imine (C=N–C) groups is 1. The monoisotopic (exact) mass is 541 g/mol. The third-order valence-electron chi connectivity index (χ3n) is 6.77. The summed E-state index contributed by atoms with van der Waals surface area (Å²) in [6, 6.07) is 8.21. The molecule has 0 bridgehead atoms. The number of carbonyl (C=O) groups excluding carboxylic acids is 2. The Morgan fingerprint density at radius 1 is 1.26 bits per heavy atom. The van der Waals surface area contributed by atoms with Crippen molar-refractivity contribution >= 4 is 28.9 Å². The van der Waals surface area contributed by atoms with Gasteiger partial charge in [0.05, 0.1) is 23.3 Å². The molecule has 12 heteroatoms. The van der Waals surface area contributed by atoms with Crippen LogP contribution in [-0.2, 0) is 9.53 Å². The van der Waals surface area contributed by atoms with Crippen LogP contribution in [0, 0.1) is 27.7 Å². The molecular formula is C27H29F2N5O5. The molecule has 2 aliphatic rings. The van der Waals surface area contributed by atoms with E-state index in [2.05, 4.69) is 26.6 Å². The van der Waals surface area contributed by atoms with Crippen molar-refractivity contribution in [3.05, 3.63) is 81.4 Å². The molecule has 39 heavy (non-hydrogen) atoms. The molecule has 2 aromatic rings. The van der Waals surface area contributed by atoms with Gasteiger partial charge in [-0.25, -0.2) is 13.6 Å². The molecule has 0 radical (unpaired) electrons. The Morgan fingerprint density at radius 2 is 2.08 bits per heavy atom. The molecule has 0 aliphatic carbocycles. The van der Waals surface area contributed by atoms with E-state index in [9.17, 15) is 28.5 Å². The highest BCUT2D eigenvalue weighted by Crippen LogP contribution is 2.29. The Morgan fingerprint density at radius 3 is 2.77 bits per heavy atom. The van der Waals surface area contributed by atoms with Gasteiger partial charge in [0.25, 0.3) is 5.69 Å². The largest absolute Gasteiger partial charge is 0.379 e. The van der Waals surface area contributed by atoms with Crippen molar-refractivity contribution in [2.24, 2.45) is 10.9 Å². The summed E-state index contributed by atoms with van der Waals surface area (Å²) in [6.07, 6.45) is 3.46. The maximum atomic E-state index is 13.9. The molecule has 10 nitrogen and oxygen atoms in total. The normalized spacial score (nSPS) is 19.6. The molecule has 1 unspecified atom stereocenters. The number of nitrogens with zero attached hydrogens (tertiary/aromatic N) is 3. The first-order chi connectivity index (χ1) is 18.8. The zero-order valence-electron chi connectivity index (χ0n) is 21.4. The molecule has 2 heterocycles. The smallest absolute Gasteiger partial charge is 0.341 e. The van der Waals surface area contributed by atoms with Crippen LogP contribution in [-0.4, -0.2) is 67.4 Å². The van der Waals surface area contributed by atoms with Crippen LogP contribution < -0.4 is 10.6 Å². The standard InChI is InChI=1S/C27H29F2N5O5/c1-39-16-23-24(25(32-27(36)31-23)19-6-7-21(28)22(29)15-19)26(35)30-10-3-11-33-12-8-17(9-13-33)18-4-2-5-20(14-18)34(37)38/h2,4-8,14-15,24-25H,3,9-13,16H2,1H3,(H,30,35)(H,32,36)/t24?,25-/m1/s1. The fourth-order valence-corrected chi connectivity index (χ4v) is 4.82. The van der Waals surface area contributed by atoms with E-state index < -0.39 is 40.5 Å². The molecule has 206 valence electrons. The van der Waals surface area contributed by atoms with Gasteiger partial charge in [-0.1, -0.05) is 24.3 Å². The predicted octanol–water partition coefficient (Wildman–Crippen LogP) is 3.64. The lowest BCUT2D eigenvalue weighted by Gasteiger charge is -2.31. The number of urea groups is 1. The van der Waals surface area contributed by atoms with Crippen molar-refractivity contribution in [3.8, 4) is 0 Å². The lowest BCUT2D eigenvalue weighted by atomic mass is 9.87. The molecule has 0 saturated carbocycles. The SMILES string of the molecule is COCC1=NC(=O)N[C@H](c2ccc(F)c(F)c2)C1C(=O)NCCCN1CC=C(c2cccc([N+](=O)[O-])c2)CC1. The maximum absolute atomic E-state index is 13.9. The highest BCUT2D eigenvalue weighted by molar-refractivity contribution is 6.11. The summed E-state index contributed by atoms with van der Waals surface area (Å²) < 4.78 is 32.5. The van der Waals surface area contributed by atoms with E-state index in [-0.39, 0.29) is 23.6 Å². The highest BCUT2D eigenvalue weighted by atomic mass is 19.2. The molecule has 4 rings (SSSR count). The van der Waals surface area contributed by atoms with Crippen LogP contribution >= 0.6 is 0 Å². The summed E-state index contributed by atoms with van der Waals surface area (Å²) in [7, 11) is 1.41. The third-order valence-corrected chi connectivity index (χ3v) is 6.77. The van der Waals surface area contributed by atoms with E-state index in [1.807, 2.05) is 6.07 Å². The maximum Gasteiger partial charge on any atom is 0.341 e. The van der Waals surface area contributed by atoms with Crippen LogP contribution in [0.4, 0.5) is 19.3 Å². The summed E-state index contributed by atoms with van der Waals surface area (Å²) in [5.74, 6) is -3.48. The zero-order valence-corrected chi connectivity index (χ0v) is 21.4. The van der Waals surface area contributed by atoms with Gasteiger partial charge in [-0.15, -0.1) is 0 Å². The Labute approximate surface area is 223 Å². The van der Waals surface area contributed by atoms with E-state index >= 15 is 0 Å². The summed E-state index contributed by atoms with van der Waals surface area (Å²) in [5, 5.41) is 16.5.